The lowest BCUT2D eigenvalue weighted by Gasteiger charge is -2.13. The van der Waals surface area contributed by atoms with Crippen LogP contribution in [0.2, 0.25) is 0 Å². The number of nitrogens with zero attached hydrogens (tertiary/aromatic N) is 1. The maximum absolute atomic E-state index is 11.4. The third-order valence-electron chi connectivity index (χ3n) is 2.21. The van der Waals surface area contributed by atoms with E-state index in [0.29, 0.717) is 5.78 Å². The minimum absolute atomic E-state index is 0.0463. The predicted octanol–water partition coefficient (Wildman–Crippen LogP) is 1.29. The number of carbonyl (C=O) groups is 1. The topological polar surface area (TPSA) is 20.3 Å². The number of rotatable bonds is 0. The van der Waals surface area contributed by atoms with Crippen LogP contribution in [0.25, 0.3) is 0 Å². The Bertz CT molecular complexity index is 160. The van der Waals surface area contributed by atoms with Crippen LogP contribution in [0.1, 0.15) is 13.3 Å². The summed E-state index contributed by atoms with van der Waals surface area (Å²) in [5.41, 5.74) is 0. The second kappa shape index (κ2) is 3.68. The Labute approximate surface area is 76.1 Å². The molecule has 0 radical (unpaired) electrons. The highest BCUT2D eigenvalue weighted by Gasteiger charge is 2.25. The Morgan fingerprint density at radius 1 is 1.64 bits per heavy atom. The summed E-state index contributed by atoms with van der Waals surface area (Å²) in [4.78, 5) is 13.7. The lowest BCUT2D eigenvalue weighted by Crippen LogP contribution is -2.28. The van der Waals surface area contributed by atoms with Gasteiger partial charge in [-0.25, -0.2) is 0 Å². The molecule has 1 rings (SSSR count). The molecular weight excluding hydrogens is 206 g/mol. The number of likely N-dealkylation sites (tertiary alicyclic amines) is 1. The van der Waals surface area contributed by atoms with Crippen molar-refractivity contribution in [2.24, 2.45) is 5.92 Å². The third-order valence-corrected chi connectivity index (χ3v) is 2.95. The van der Waals surface area contributed by atoms with E-state index in [1.54, 1.807) is 0 Å². The van der Waals surface area contributed by atoms with E-state index in [2.05, 4.69) is 27.9 Å². The van der Waals surface area contributed by atoms with Gasteiger partial charge in [0.15, 0.2) is 5.78 Å². The van der Waals surface area contributed by atoms with Gasteiger partial charge < -0.3 is 4.90 Å². The molecule has 11 heavy (non-hydrogen) atoms. The van der Waals surface area contributed by atoms with Gasteiger partial charge in [-0.05, 0) is 20.0 Å². The molecule has 0 aromatic heterocycles. The normalized spacial score (nSPS) is 35.4. The summed E-state index contributed by atoms with van der Waals surface area (Å²) in [5, 5.41) is 0. The average molecular weight is 220 g/mol. The number of hydrogen-bond donors (Lipinski definition) is 0. The SMILES string of the molecule is CC1CCN(C)CC(Br)C1=O. The molecule has 0 aliphatic carbocycles. The number of Topliss-reactive ketones (excluding diaryl/α,β-unsaturated/α-hetero) is 1. The van der Waals surface area contributed by atoms with E-state index in [1.807, 2.05) is 6.92 Å². The van der Waals surface area contributed by atoms with Gasteiger partial charge in [-0.3, -0.25) is 4.79 Å². The van der Waals surface area contributed by atoms with E-state index >= 15 is 0 Å². The van der Waals surface area contributed by atoms with Crippen LogP contribution in [-0.2, 0) is 4.79 Å². The maximum Gasteiger partial charge on any atom is 0.150 e. The Hall–Kier alpha value is 0.110. The minimum atomic E-state index is 0.0463. The number of ketones is 1. The van der Waals surface area contributed by atoms with Crippen molar-refractivity contribution in [2.45, 2.75) is 18.2 Å². The van der Waals surface area contributed by atoms with Crippen LogP contribution in [0.5, 0.6) is 0 Å². The van der Waals surface area contributed by atoms with Gasteiger partial charge in [-0.15, -0.1) is 0 Å². The summed E-state index contributed by atoms with van der Waals surface area (Å²) in [6.07, 6.45) is 0.997. The Kier molecular flexibility index (Phi) is 3.07. The van der Waals surface area contributed by atoms with Crippen LogP contribution in [0.4, 0.5) is 0 Å². The lowest BCUT2D eigenvalue weighted by molar-refractivity contribution is -0.121. The summed E-state index contributed by atoms with van der Waals surface area (Å²) in [6.45, 7) is 3.90. The molecule has 1 saturated heterocycles. The van der Waals surface area contributed by atoms with Crippen LogP contribution in [0, 0.1) is 5.92 Å². The molecule has 1 heterocycles. The first kappa shape index (κ1) is 9.20. The van der Waals surface area contributed by atoms with Crippen molar-refractivity contribution in [1.82, 2.24) is 4.90 Å². The van der Waals surface area contributed by atoms with Gasteiger partial charge in [0, 0.05) is 12.5 Å². The Morgan fingerprint density at radius 2 is 2.27 bits per heavy atom. The molecule has 0 aromatic rings. The average Bonchev–Trinajstić information content (AvgIpc) is 2.05. The van der Waals surface area contributed by atoms with Gasteiger partial charge >= 0.3 is 0 Å². The van der Waals surface area contributed by atoms with Gasteiger partial charge in [0.2, 0.25) is 0 Å². The van der Waals surface area contributed by atoms with Gasteiger partial charge in [0.25, 0.3) is 0 Å². The van der Waals surface area contributed by atoms with Crippen molar-refractivity contribution in [3.05, 3.63) is 0 Å². The molecule has 64 valence electrons. The minimum Gasteiger partial charge on any atom is -0.305 e. The van der Waals surface area contributed by atoms with Crippen molar-refractivity contribution in [1.29, 1.82) is 0 Å². The Balaban J connectivity index is 2.61. The number of carbonyl (C=O) groups excluding carboxylic acids is 1. The maximum atomic E-state index is 11.4. The van der Waals surface area contributed by atoms with E-state index in [0.717, 1.165) is 19.5 Å². The molecule has 0 N–H and O–H groups in total. The monoisotopic (exact) mass is 219 g/mol. The molecule has 2 nitrogen and oxygen atoms in total. The van der Waals surface area contributed by atoms with Crippen LogP contribution in [0.15, 0.2) is 0 Å². The van der Waals surface area contributed by atoms with E-state index in [4.69, 9.17) is 0 Å². The number of hydrogen-bond acceptors (Lipinski definition) is 2. The standard InChI is InChI=1S/C8H14BrNO/c1-6-3-4-10(2)5-7(9)8(6)11/h6-7H,3-5H2,1-2H3. The molecule has 0 bridgehead atoms. The molecule has 3 heteroatoms. The fourth-order valence-corrected chi connectivity index (χ4v) is 2.27. The Morgan fingerprint density at radius 3 is 2.91 bits per heavy atom. The second-order valence-corrected chi connectivity index (χ2v) is 4.43. The van der Waals surface area contributed by atoms with Gasteiger partial charge in [0.1, 0.15) is 0 Å². The molecule has 2 unspecified atom stereocenters. The zero-order chi connectivity index (χ0) is 8.43. The van der Waals surface area contributed by atoms with Crippen molar-refractivity contribution in [3.63, 3.8) is 0 Å². The largest absolute Gasteiger partial charge is 0.305 e. The second-order valence-electron chi connectivity index (χ2n) is 3.32. The molecule has 1 aliphatic rings. The highest BCUT2D eigenvalue weighted by molar-refractivity contribution is 9.10. The number of halogens is 1. The molecule has 0 spiro atoms. The van der Waals surface area contributed by atoms with E-state index in [1.165, 1.54) is 0 Å². The molecule has 1 fully saturated rings. The third kappa shape index (κ3) is 2.27. The summed E-state index contributed by atoms with van der Waals surface area (Å²) in [7, 11) is 2.06. The first-order valence-electron chi connectivity index (χ1n) is 3.97. The summed E-state index contributed by atoms with van der Waals surface area (Å²) >= 11 is 3.39. The van der Waals surface area contributed by atoms with Gasteiger partial charge in [-0.2, -0.15) is 0 Å². The van der Waals surface area contributed by atoms with E-state index < -0.39 is 0 Å². The first-order chi connectivity index (χ1) is 5.11. The fraction of sp³-hybridized carbons (Fsp3) is 0.875. The smallest absolute Gasteiger partial charge is 0.150 e. The highest BCUT2D eigenvalue weighted by atomic mass is 79.9. The van der Waals surface area contributed by atoms with E-state index in [9.17, 15) is 4.79 Å². The van der Waals surface area contributed by atoms with Crippen LogP contribution < -0.4 is 0 Å². The quantitative estimate of drug-likeness (QED) is 0.573. The molecule has 2 atom stereocenters. The van der Waals surface area contributed by atoms with Crippen molar-refractivity contribution >= 4 is 21.7 Å². The van der Waals surface area contributed by atoms with Crippen molar-refractivity contribution in [2.75, 3.05) is 20.1 Å². The first-order valence-corrected chi connectivity index (χ1v) is 4.89. The van der Waals surface area contributed by atoms with Gasteiger partial charge in [-0.1, -0.05) is 22.9 Å². The van der Waals surface area contributed by atoms with Crippen LogP contribution in [-0.4, -0.2) is 35.6 Å². The molecule has 0 amide bonds. The van der Waals surface area contributed by atoms with E-state index in [-0.39, 0.29) is 10.7 Å². The molecule has 1 aliphatic heterocycles. The zero-order valence-corrected chi connectivity index (χ0v) is 8.60. The number of alkyl halides is 1. The summed E-state index contributed by atoms with van der Waals surface area (Å²) in [6, 6.07) is 0. The van der Waals surface area contributed by atoms with Crippen LogP contribution >= 0.6 is 15.9 Å². The van der Waals surface area contributed by atoms with Crippen LogP contribution in [0.3, 0.4) is 0 Å². The highest BCUT2D eigenvalue weighted by Crippen LogP contribution is 2.17. The molecule has 0 saturated carbocycles. The summed E-state index contributed by atoms with van der Waals surface area (Å²) < 4.78 is 0. The van der Waals surface area contributed by atoms with Crippen molar-refractivity contribution in [3.8, 4) is 0 Å². The lowest BCUT2D eigenvalue weighted by atomic mass is 10.0. The molecule has 0 aromatic carbocycles. The molecular formula is C8H14BrNO. The predicted molar refractivity (Wildman–Crippen MR) is 49.0 cm³/mol. The zero-order valence-electron chi connectivity index (χ0n) is 7.01. The van der Waals surface area contributed by atoms with Crippen molar-refractivity contribution < 1.29 is 4.79 Å². The van der Waals surface area contributed by atoms with Gasteiger partial charge in [0.05, 0.1) is 4.83 Å². The fourth-order valence-electron chi connectivity index (χ4n) is 1.32. The summed E-state index contributed by atoms with van der Waals surface area (Å²) in [5.74, 6) is 0.582.